The summed E-state index contributed by atoms with van der Waals surface area (Å²) in [6.07, 6.45) is 9.37. The predicted octanol–water partition coefficient (Wildman–Crippen LogP) is 4.75. The van der Waals surface area contributed by atoms with E-state index in [9.17, 15) is 17.6 Å². The van der Waals surface area contributed by atoms with Crippen molar-refractivity contribution in [3.8, 4) is 0 Å². The fourth-order valence-electron chi connectivity index (χ4n) is 3.50. The molecule has 5 nitrogen and oxygen atoms in total. The quantitative estimate of drug-likeness (QED) is 0.431. The van der Waals surface area contributed by atoms with Crippen LogP contribution in [-0.2, 0) is 14.8 Å². The lowest BCUT2D eigenvalue weighted by atomic mass is 9.97. The molecular formula is C23H27FN2O3S2. The number of allylic oxidation sites excluding steroid dienone is 1. The second-order valence-corrected chi connectivity index (χ2v) is 10.1. The number of halogens is 1. The summed E-state index contributed by atoms with van der Waals surface area (Å²) in [5.74, 6) is -0.995. The van der Waals surface area contributed by atoms with Crippen LogP contribution < -0.4 is 9.62 Å². The molecule has 0 spiro atoms. The second-order valence-electron chi connectivity index (χ2n) is 7.38. The Morgan fingerprint density at radius 3 is 2.58 bits per heavy atom. The molecule has 0 atom stereocenters. The monoisotopic (exact) mass is 462 g/mol. The van der Waals surface area contributed by atoms with Gasteiger partial charge in [0.05, 0.1) is 10.6 Å². The average Bonchev–Trinajstić information content (AvgIpc) is 2.78. The molecule has 1 amide bonds. The van der Waals surface area contributed by atoms with Crippen molar-refractivity contribution in [1.29, 1.82) is 0 Å². The van der Waals surface area contributed by atoms with Crippen LogP contribution in [0.4, 0.5) is 10.1 Å². The molecule has 0 aromatic heterocycles. The lowest BCUT2D eigenvalue weighted by Gasteiger charge is -2.24. The molecule has 31 heavy (non-hydrogen) atoms. The summed E-state index contributed by atoms with van der Waals surface area (Å²) in [4.78, 5) is 13.6. The molecule has 0 bridgehead atoms. The molecule has 2 aromatic rings. The van der Waals surface area contributed by atoms with Crippen molar-refractivity contribution in [2.75, 3.05) is 23.7 Å². The van der Waals surface area contributed by atoms with E-state index in [-0.39, 0.29) is 10.6 Å². The number of carbonyl (C=O) groups excluding carboxylic acids is 1. The summed E-state index contributed by atoms with van der Waals surface area (Å²) in [6.45, 7) is 0.0270. The normalized spacial score (nSPS) is 14.1. The molecule has 1 aliphatic carbocycles. The van der Waals surface area contributed by atoms with Crippen molar-refractivity contribution in [3.05, 3.63) is 66.0 Å². The van der Waals surface area contributed by atoms with Gasteiger partial charge < -0.3 is 5.32 Å². The molecule has 3 rings (SSSR count). The van der Waals surface area contributed by atoms with Crippen molar-refractivity contribution in [3.63, 3.8) is 0 Å². The van der Waals surface area contributed by atoms with Gasteiger partial charge in [-0.15, -0.1) is 11.8 Å². The van der Waals surface area contributed by atoms with Crippen LogP contribution in [-0.4, -0.2) is 33.7 Å². The van der Waals surface area contributed by atoms with Gasteiger partial charge in [-0.3, -0.25) is 9.10 Å². The van der Waals surface area contributed by atoms with E-state index < -0.39 is 28.3 Å². The topological polar surface area (TPSA) is 66.5 Å². The molecule has 166 valence electrons. The Bertz CT molecular complexity index is 1040. The van der Waals surface area contributed by atoms with Crippen molar-refractivity contribution < 1.29 is 17.6 Å². The fraction of sp³-hybridized carbons (Fsp3) is 0.348. The molecule has 0 saturated heterocycles. The van der Waals surface area contributed by atoms with Crippen molar-refractivity contribution >= 4 is 33.4 Å². The van der Waals surface area contributed by atoms with Gasteiger partial charge in [0.2, 0.25) is 5.91 Å². The first-order valence-electron chi connectivity index (χ1n) is 10.3. The van der Waals surface area contributed by atoms with Crippen molar-refractivity contribution in [2.45, 2.75) is 41.9 Å². The van der Waals surface area contributed by atoms with Gasteiger partial charge in [-0.25, -0.2) is 12.8 Å². The summed E-state index contributed by atoms with van der Waals surface area (Å²) in [5, 5.41) is 2.80. The number of benzene rings is 2. The molecule has 8 heteroatoms. The minimum absolute atomic E-state index is 0.0507. The van der Waals surface area contributed by atoms with Crippen LogP contribution in [0.3, 0.4) is 0 Å². The molecule has 1 aliphatic rings. The average molecular weight is 463 g/mol. The van der Waals surface area contributed by atoms with Crippen LogP contribution in [0.1, 0.15) is 32.1 Å². The first-order valence-corrected chi connectivity index (χ1v) is 12.9. The van der Waals surface area contributed by atoms with E-state index >= 15 is 0 Å². The van der Waals surface area contributed by atoms with E-state index in [2.05, 4.69) is 11.4 Å². The maximum Gasteiger partial charge on any atom is 0.264 e. The smallest absolute Gasteiger partial charge is 0.264 e. The minimum Gasteiger partial charge on any atom is -0.354 e. The van der Waals surface area contributed by atoms with Crippen LogP contribution in [0, 0.1) is 5.82 Å². The maximum atomic E-state index is 13.8. The summed E-state index contributed by atoms with van der Waals surface area (Å²) >= 11 is 1.50. The molecule has 0 fully saturated rings. The summed E-state index contributed by atoms with van der Waals surface area (Å²) in [6, 6.07) is 11.7. The lowest BCUT2D eigenvalue weighted by Crippen LogP contribution is -2.41. The molecular weight excluding hydrogens is 435 g/mol. The Morgan fingerprint density at radius 1 is 1.16 bits per heavy atom. The number of carbonyl (C=O) groups is 1. The van der Waals surface area contributed by atoms with Crippen molar-refractivity contribution in [2.24, 2.45) is 0 Å². The highest BCUT2D eigenvalue weighted by atomic mass is 32.2. The molecule has 2 aromatic carbocycles. The molecule has 0 saturated carbocycles. The Hall–Kier alpha value is -2.32. The third-order valence-electron chi connectivity index (χ3n) is 5.18. The second kappa shape index (κ2) is 10.8. The third-order valence-corrected chi connectivity index (χ3v) is 7.72. The van der Waals surface area contributed by atoms with E-state index in [0.29, 0.717) is 6.54 Å². The zero-order chi connectivity index (χ0) is 22.3. The van der Waals surface area contributed by atoms with Crippen LogP contribution >= 0.6 is 11.8 Å². The zero-order valence-corrected chi connectivity index (χ0v) is 19.1. The number of sulfonamides is 1. The number of anilines is 1. The fourth-order valence-corrected chi connectivity index (χ4v) is 5.32. The number of rotatable bonds is 9. The Morgan fingerprint density at radius 2 is 1.94 bits per heavy atom. The van der Waals surface area contributed by atoms with Gasteiger partial charge in [-0.05, 0) is 80.8 Å². The Kier molecular flexibility index (Phi) is 8.15. The summed E-state index contributed by atoms with van der Waals surface area (Å²) in [5.41, 5.74) is 1.44. The van der Waals surface area contributed by atoms with E-state index in [1.165, 1.54) is 60.5 Å². The van der Waals surface area contributed by atoms with Gasteiger partial charge in [0.25, 0.3) is 10.0 Å². The standard InChI is InChI=1S/C23H27FN2O3S2/c1-30-21-10-12-22(13-11-21)31(28,29)26(20-9-5-8-19(24)16-20)17-23(27)25-15-14-18-6-3-2-4-7-18/h5-6,8-13,16H,2-4,7,14-15,17H2,1H3,(H,25,27). The van der Waals surface area contributed by atoms with E-state index in [1.54, 1.807) is 12.1 Å². The molecule has 0 heterocycles. The van der Waals surface area contributed by atoms with Gasteiger partial charge in [-0.2, -0.15) is 0 Å². The summed E-state index contributed by atoms with van der Waals surface area (Å²) in [7, 11) is -4.05. The van der Waals surface area contributed by atoms with Gasteiger partial charge in [-0.1, -0.05) is 17.7 Å². The number of thioether (sulfide) groups is 1. The largest absolute Gasteiger partial charge is 0.354 e. The molecule has 1 N–H and O–H groups in total. The van der Waals surface area contributed by atoms with Crippen LogP contribution in [0.25, 0.3) is 0 Å². The van der Waals surface area contributed by atoms with Crippen LogP contribution in [0.2, 0.25) is 0 Å². The first-order chi connectivity index (χ1) is 14.9. The molecule has 0 aliphatic heterocycles. The highest BCUT2D eigenvalue weighted by Crippen LogP contribution is 2.26. The first kappa shape index (κ1) is 23.3. The SMILES string of the molecule is CSc1ccc(S(=O)(=O)N(CC(=O)NCCC2=CCCCC2)c2cccc(F)c2)cc1. The van der Waals surface area contributed by atoms with Gasteiger partial charge in [0, 0.05) is 11.4 Å². The number of hydrogen-bond donors (Lipinski definition) is 1. The third kappa shape index (κ3) is 6.33. The number of nitrogens with zero attached hydrogens (tertiary/aromatic N) is 1. The van der Waals surface area contributed by atoms with Gasteiger partial charge in [0.15, 0.2) is 0 Å². The van der Waals surface area contributed by atoms with E-state index in [1.807, 2.05) is 6.26 Å². The highest BCUT2D eigenvalue weighted by molar-refractivity contribution is 7.98. The van der Waals surface area contributed by atoms with E-state index in [0.717, 1.165) is 34.5 Å². The van der Waals surface area contributed by atoms with Crippen LogP contribution in [0.5, 0.6) is 0 Å². The Balaban J connectivity index is 1.77. The van der Waals surface area contributed by atoms with Gasteiger partial charge >= 0.3 is 0 Å². The molecule has 0 radical (unpaired) electrons. The predicted molar refractivity (Wildman–Crippen MR) is 123 cm³/mol. The van der Waals surface area contributed by atoms with E-state index in [4.69, 9.17) is 0 Å². The maximum absolute atomic E-state index is 13.8. The number of amides is 1. The van der Waals surface area contributed by atoms with Gasteiger partial charge in [0.1, 0.15) is 12.4 Å². The summed E-state index contributed by atoms with van der Waals surface area (Å²) < 4.78 is 41.4. The minimum atomic E-state index is -4.05. The number of nitrogens with one attached hydrogen (secondary N) is 1. The lowest BCUT2D eigenvalue weighted by molar-refractivity contribution is -0.119. The highest BCUT2D eigenvalue weighted by Gasteiger charge is 2.27. The molecule has 0 unspecified atom stereocenters. The van der Waals surface area contributed by atoms with Crippen molar-refractivity contribution in [1.82, 2.24) is 5.32 Å². The van der Waals surface area contributed by atoms with Crippen LogP contribution in [0.15, 0.2) is 70.0 Å². The number of hydrogen-bond acceptors (Lipinski definition) is 4. The Labute approximate surface area is 187 Å². The zero-order valence-electron chi connectivity index (χ0n) is 17.5.